The van der Waals surface area contributed by atoms with Crippen LogP contribution in [0.4, 0.5) is 0 Å². The molecule has 4 aromatic carbocycles. The van der Waals surface area contributed by atoms with Crippen molar-refractivity contribution in [3.8, 4) is 34.5 Å². The van der Waals surface area contributed by atoms with E-state index in [0.29, 0.717) is 17.4 Å². The quantitative estimate of drug-likeness (QED) is 0.0945. The van der Waals surface area contributed by atoms with Crippen LogP contribution in [-0.2, 0) is 12.7 Å². The van der Waals surface area contributed by atoms with Gasteiger partial charge in [-0.2, -0.15) is 0 Å². The molecule has 2 atom stereocenters. The molecule has 0 aromatic heterocycles. The van der Waals surface area contributed by atoms with E-state index in [4.69, 9.17) is 58.0 Å². The summed E-state index contributed by atoms with van der Waals surface area (Å²) in [4.78, 5) is 0. The molecule has 0 fully saturated rings. The lowest BCUT2D eigenvalue weighted by Crippen LogP contribution is -2.17. The summed E-state index contributed by atoms with van der Waals surface area (Å²) in [5.74, 6) is -2.01. The van der Waals surface area contributed by atoms with E-state index in [0.717, 1.165) is 35.9 Å². The maximum absolute atomic E-state index is 10.7. The Morgan fingerprint density at radius 1 is 0.640 bits per heavy atom. The van der Waals surface area contributed by atoms with Crippen LogP contribution in [0.5, 0.6) is 34.5 Å². The van der Waals surface area contributed by atoms with Crippen LogP contribution in [0.2, 0.25) is 0 Å². The molecule has 8 heteroatoms. The summed E-state index contributed by atoms with van der Waals surface area (Å²) in [6, 6.07) is 18.4. The molecule has 50 heavy (non-hydrogen) atoms. The Kier molecular flexibility index (Phi) is 7.69. The van der Waals surface area contributed by atoms with E-state index in [1.165, 1.54) is 18.2 Å². The summed E-state index contributed by atoms with van der Waals surface area (Å²) in [5, 5.41) is 20.9. The van der Waals surface area contributed by atoms with Crippen molar-refractivity contribution in [3.63, 3.8) is 0 Å². The molecule has 0 bridgehead atoms. The molecule has 2 N–H and O–H groups in total. The van der Waals surface area contributed by atoms with Crippen LogP contribution in [-0.4, -0.2) is 63.7 Å². The first kappa shape index (κ1) is 17.2. The van der Waals surface area contributed by atoms with Crippen LogP contribution in [0, 0.1) is 13.8 Å². The first-order valence-corrected chi connectivity index (χ1v) is 15.0. The minimum absolute atomic E-state index is 0.111. The summed E-state index contributed by atoms with van der Waals surface area (Å²) in [5.41, 5.74) is 0.688. The van der Waals surface area contributed by atoms with Crippen LogP contribution in [0.3, 0.4) is 0 Å². The van der Waals surface area contributed by atoms with Crippen LogP contribution >= 0.6 is 0 Å². The van der Waals surface area contributed by atoms with Crippen LogP contribution in [0.1, 0.15) is 94.9 Å². The Balaban J connectivity index is 0.000000399. The molecule has 2 unspecified atom stereocenters. The number of aliphatic hydroxyl groups is 2. The van der Waals surface area contributed by atoms with E-state index in [-0.39, 0.29) is 30.8 Å². The zero-order valence-electron chi connectivity index (χ0n) is 52.3. The third kappa shape index (κ3) is 14.6. The zero-order valence-corrected chi connectivity index (χ0v) is 27.3. The average molecular weight is 714 g/mol. The van der Waals surface area contributed by atoms with Gasteiger partial charge in [0.2, 0.25) is 0 Å². The lowest BCUT2D eigenvalue weighted by Gasteiger charge is -2.13. The maximum Gasteiger partial charge on any atom is 0.160 e. The number of methoxy groups -OCH3 is 4. The van der Waals surface area contributed by atoms with Gasteiger partial charge in [0.1, 0.15) is 24.7 Å². The predicted molar refractivity (Wildman–Crippen MR) is 200 cm³/mol. The van der Waals surface area contributed by atoms with Crippen molar-refractivity contribution >= 4 is 0 Å². The maximum atomic E-state index is 10.7. The average Bonchev–Trinajstić information content (AvgIpc) is 3.21. The molecule has 4 rings (SSSR count). The fraction of sp³-hybridized carbons (Fsp3) is 0.429. The van der Waals surface area contributed by atoms with Gasteiger partial charge in [-0.1, -0.05) is 49.2 Å². The van der Waals surface area contributed by atoms with Crippen molar-refractivity contribution in [3.05, 3.63) is 107 Å². The van der Waals surface area contributed by atoms with Gasteiger partial charge in [0.25, 0.3) is 0 Å². The van der Waals surface area contributed by atoms with E-state index in [1.54, 1.807) is 31.2 Å². The molecule has 0 aliphatic heterocycles. The summed E-state index contributed by atoms with van der Waals surface area (Å²) in [6.07, 6.45) is -22.0. The van der Waals surface area contributed by atoms with Crippen LogP contribution in [0.25, 0.3) is 0 Å². The van der Waals surface area contributed by atoms with Crippen molar-refractivity contribution in [2.45, 2.75) is 77.2 Å². The number of aryl methyl sites for hydroxylation is 4. The first-order valence-electron chi connectivity index (χ1n) is 27.5. The molecule has 0 radical (unpaired) electrons. The number of ether oxygens (including phenoxy) is 6. The molecule has 0 saturated carbocycles. The van der Waals surface area contributed by atoms with E-state index in [9.17, 15) is 10.2 Å². The lowest BCUT2D eigenvalue weighted by molar-refractivity contribution is 0.0976. The molecular formula is C42H56O8. The third-order valence-corrected chi connectivity index (χ3v) is 6.43. The minimum Gasteiger partial charge on any atom is -0.493 e. The highest BCUT2D eigenvalue weighted by molar-refractivity contribution is 5.43. The number of benzene rings is 4. The predicted octanol–water partition coefficient (Wildman–Crippen LogP) is 8.33. The van der Waals surface area contributed by atoms with Crippen molar-refractivity contribution in [2.24, 2.45) is 0 Å². The largest absolute Gasteiger partial charge is 0.493 e. The summed E-state index contributed by atoms with van der Waals surface area (Å²) in [7, 11) is -12.1. The smallest absolute Gasteiger partial charge is 0.160 e. The SMILES string of the molecule is [2H]C([2H])([2H])Oc1ccc(C([2H])([2H])C([2H])([2H])CC([2H])([2H])C([2H])(O)C([2H])([2H])Oc2cccc(C)c2)cc1OC([2H])([2H])[2H].[2H]C([2H])([2H])Oc1ccc(C([2H])([2H])C([2H])([2H])CCC(O)COc2cccc(C)c2)cc1OC([2H])([2H])[2H]. The van der Waals surface area contributed by atoms with E-state index < -0.39 is 114 Å². The number of rotatable bonds is 20. The van der Waals surface area contributed by atoms with Gasteiger partial charge < -0.3 is 38.6 Å². The Morgan fingerprint density at radius 3 is 1.70 bits per heavy atom. The molecular weight excluding hydrogens is 632 g/mol. The van der Waals surface area contributed by atoms with Crippen molar-refractivity contribution in [2.75, 3.05) is 41.3 Å². The Hall–Kier alpha value is -4.40. The third-order valence-electron chi connectivity index (χ3n) is 6.43. The van der Waals surface area contributed by atoms with Crippen LogP contribution < -0.4 is 28.4 Å². The Bertz CT molecular complexity index is 2520. The molecule has 0 amide bonds. The topological polar surface area (TPSA) is 95.8 Å². The molecule has 0 heterocycles. The van der Waals surface area contributed by atoms with E-state index >= 15 is 0 Å². The zero-order chi connectivity index (χ0) is 57.8. The van der Waals surface area contributed by atoms with Crippen LogP contribution in [0.15, 0.2) is 84.9 Å². The highest BCUT2D eigenvalue weighted by Gasteiger charge is 2.09. The fourth-order valence-corrected chi connectivity index (χ4v) is 3.98. The normalized spacial score (nSPS) is 22.6. The van der Waals surface area contributed by atoms with Gasteiger partial charge in [-0.25, -0.2) is 0 Å². The van der Waals surface area contributed by atoms with Gasteiger partial charge in [0.05, 0.1) is 60.9 Å². The van der Waals surface area contributed by atoms with Gasteiger partial charge in [0, 0.05) is 13.7 Å². The summed E-state index contributed by atoms with van der Waals surface area (Å²) < 4.78 is 224. The first-order chi connectivity index (χ1) is 33.6. The fourth-order valence-electron chi connectivity index (χ4n) is 3.98. The molecule has 0 aliphatic rings. The monoisotopic (exact) mass is 714 g/mol. The second-order valence-corrected chi connectivity index (χ2v) is 10.4. The van der Waals surface area contributed by atoms with Crippen molar-refractivity contribution in [1.29, 1.82) is 0 Å². The summed E-state index contributed by atoms with van der Waals surface area (Å²) in [6.45, 7) is -0.0138. The molecule has 272 valence electrons. The minimum atomic E-state index is -3.76. The van der Waals surface area contributed by atoms with Crippen molar-refractivity contribution < 1.29 is 72.9 Å². The summed E-state index contributed by atoms with van der Waals surface area (Å²) >= 11 is 0. The molecule has 0 aliphatic carbocycles. The molecule has 4 aromatic rings. The molecule has 8 nitrogen and oxygen atoms in total. The van der Waals surface area contributed by atoms with Gasteiger partial charge in [-0.15, -0.1) is 0 Å². The van der Waals surface area contributed by atoms with Gasteiger partial charge in [-0.05, 0) is 123 Å². The number of aliphatic hydroxyl groups excluding tert-OH is 1. The van der Waals surface area contributed by atoms with Gasteiger partial charge in [0.15, 0.2) is 23.0 Å². The molecule has 0 saturated heterocycles. The standard InChI is InChI=1S/2C21H28O4/c2*1-16-7-6-10-19(13-16)25-15-18(22)9-5-4-8-17-11-12-20(23-2)21(14-17)24-3/h2*6-7,10-14,18,22H,4-5,8-9,15H2,1-3H3/i2D3,3D3,4D2,8D2,9D2,15D2,18D;2D3,3D3,4D2,8D2. The number of hydrogen-bond acceptors (Lipinski definition) is 8. The van der Waals surface area contributed by atoms with E-state index in [2.05, 4.69) is 4.74 Å². The second-order valence-electron chi connectivity index (χ2n) is 10.4. The van der Waals surface area contributed by atoms with Gasteiger partial charge in [-0.3, -0.25) is 0 Å². The molecule has 0 spiro atoms. The second kappa shape index (κ2) is 22.3. The van der Waals surface area contributed by atoms with Gasteiger partial charge >= 0.3 is 0 Å². The highest BCUT2D eigenvalue weighted by atomic mass is 16.5. The number of hydrogen-bond donors (Lipinski definition) is 2. The highest BCUT2D eigenvalue weighted by Crippen LogP contribution is 2.29. The van der Waals surface area contributed by atoms with Crippen molar-refractivity contribution in [1.82, 2.24) is 0 Å². The lowest BCUT2D eigenvalue weighted by atomic mass is 10.0. The Labute approximate surface area is 334 Å². The van der Waals surface area contributed by atoms with E-state index in [1.807, 2.05) is 13.0 Å². The Morgan fingerprint density at radius 2 is 1.16 bits per heavy atom.